The number of amides is 2. The molecule has 7 nitrogen and oxygen atoms in total. The van der Waals surface area contributed by atoms with E-state index in [1.54, 1.807) is 11.4 Å². The number of halogens is 1. The number of sulfonamides is 1. The molecule has 24 heavy (non-hydrogen) atoms. The Morgan fingerprint density at radius 1 is 1.12 bits per heavy atom. The Labute approximate surface area is 141 Å². The van der Waals surface area contributed by atoms with Crippen molar-refractivity contribution in [2.24, 2.45) is 0 Å². The number of thiophene rings is 1. The minimum absolute atomic E-state index is 0.0810. The van der Waals surface area contributed by atoms with E-state index in [1.165, 1.54) is 25.1 Å². The molecule has 1 atom stereocenters. The van der Waals surface area contributed by atoms with Gasteiger partial charge < -0.3 is 0 Å². The Kier molecular flexibility index (Phi) is 5.65. The molecule has 2 aromatic rings. The molecule has 10 heteroatoms. The molecule has 0 aliphatic carbocycles. The number of benzene rings is 1. The molecule has 1 aromatic heterocycles. The maximum atomic E-state index is 12.8. The van der Waals surface area contributed by atoms with Crippen molar-refractivity contribution in [2.75, 3.05) is 0 Å². The van der Waals surface area contributed by atoms with Crippen LogP contribution in [0.3, 0.4) is 0 Å². The second-order valence-electron chi connectivity index (χ2n) is 4.73. The SMILES string of the molecule is CC(NS(=O)(=O)c1cccs1)C(=O)NNC(=O)c1ccc(F)cc1. The molecule has 0 fully saturated rings. The van der Waals surface area contributed by atoms with Crippen LogP contribution >= 0.6 is 11.3 Å². The molecule has 0 aliphatic rings. The van der Waals surface area contributed by atoms with Gasteiger partial charge in [0, 0.05) is 5.56 Å². The van der Waals surface area contributed by atoms with Gasteiger partial charge in [0.15, 0.2) is 0 Å². The molecule has 0 bridgehead atoms. The number of hydrogen-bond acceptors (Lipinski definition) is 5. The highest BCUT2D eigenvalue weighted by Crippen LogP contribution is 2.15. The normalized spacial score (nSPS) is 12.4. The Morgan fingerprint density at radius 2 is 1.79 bits per heavy atom. The molecule has 3 N–H and O–H groups in total. The van der Waals surface area contributed by atoms with Crippen LogP contribution in [0.15, 0.2) is 46.0 Å². The number of carbonyl (C=O) groups is 2. The van der Waals surface area contributed by atoms with E-state index in [0.717, 1.165) is 23.5 Å². The summed E-state index contributed by atoms with van der Waals surface area (Å²) in [6.45, 7) is 1.34. The van der Waals surface area contributed by atoms with Crippen LogP contribution in [-0.4, -0.2) is 26.3 Å². The Bertz CT molecular complexity index is 820. The molecule has 0 saturated heterocycles. The van der Waals surface area contributed by atoms with Crippen molar-refractivity contribution in [2.45, 2.75) is 17.2 Å². The lowest BCUT2D eigenvalue weighted by Gasteiger charge is -2.14. The van der Waals surface area contributed by atoms with E-state index in [9.17, 15) is 22.4 Å². The maximum absolute atomic E-state index is 12.8. The van der Waals surface area contributed by atoms with Crippen molar-refractivity contribution in [3.63, 3.8) is 0 Å². The Morgan fingerprint density at radius 3 is 2.38 bits per heavy atom. The van der Waals surface area contributed by atoms with Crippen molar-refractivity contribution in [1.29, 1.82) is 0 Å². The molecule has 0 radical (unpaired) electrons. The average Bonchev–Trinajstić information content (AvgIpc) is 3.08. The molecule has 1 aromatic carbocycles. The van der Waals surface area contributed by atoms with Gasteiger partial charge in [-0.2, -0.15) is 4.72 Å². The predicted octanol–water partition coefficient (Wildman–Crippen LogP) is 1.02. The Hall–Kier alpha value is -2.30. The molecule has 2 rings (SSSR count). The summed E-state index contributed by atoms with van der Waals surface area (Å²) in [5.74, 6) is -1.89. The van der Waals surface area contributed by atoms with E-state index in [0.29, 0.717) is 0 Å². The van der Waals surface area contributed by atoms with Crippen LogP contribution in [0.25, 0.3) is 0 Å². The summed E-state index contributed by atoms with van der Waals surface area (Å²) in [7, 11) is -3.80. The van der Waals surface area contributed by atoms with Gasteiger partial charge in [0.2, 0.25) is 0 Å². The fraction of sp³-hybridized carbons (Fsp3) is 0.143. The van der Waals surface area contributed by atoms with Gasteiger partial charge in [-0.05, 0) is 42.6 Å². The predicted molar refractivity (Wildman–Crippen MR) is 86.1 cm³/mol. The zero-order chi connectivity index (χ0) is 17.7. The summed E-state index contributed by atoms with van der Waals surface area (Å²) in [5, 5.41) is 1.60. The summed E-state index contributed by atoms with van der Waals surface area (Å²) in [4.78, 5) is 23.6. The number of hydrazine groups is 1. The minimum Gasteiger partial charge on any atom is -0.271 e. The first-order chi connectivity index (χ1) is 11.3. The highest BCUT2D eigenvalue weighted by atomic mass is 32.2. The topological polar surface area (TPSA) is 104 Å². The molecular weight excluding hydrogens is 357 g/mol. The van der Waals surface area contributed by atoms with Gasteiger partial charge in [0.05, 0.1) is 6.04 Å². The van der Waals surface area contributed by atoms with Crippen molar-refractivity contribution < 1.29 is 22.4 Å². The van der Waals surface area contributed by atoms with Gasteiger partial charge in [0.25, 0.3) is 21.8 Å². The van der Waals surface area contributed by atoms with Crippen LogP contribution in [-0.2, 0) is 14.8 Å². The zero-order valence-electron chi connectivity index (χ0n) is 12.4. The third-order valence-electron chi connectivity index (χ3n) is 2.89. The van der Waals surface area contributed by atoms with Gasteiger partial charge in [-0.25, -0.2) is 12.8 Å². The first kappa shape index (κ1) is 18.0. The molecule has 2 amide bonds. The molecule has 0 saturated carbocycles. The van der Waals surface area contributed by atoms with Crippen LogP contribution in [0.4, 0.5) is 4.39 Å². The van der Waals surface area contributed by atoms with Crippen molar-refractivity contribution in [1.82, 2.24) is 15.6 Å². The highest BCUT2D eigenvalue weighted by Gasteiger charge is 2.23. The second kappa shape index (κ2) is 7.51. The summed E-state index contributed by atoms with van der Waals surface area (Å²) in [5.41, 5.74) is 4.38. The van der Waals surface area contributed by atoms with Gasteiger partial charge in [-0.3, -0.25) is 20.4 Å². The molecule has 1 unspecified atom stereocenters. The van der Waals surface area contributed by atoms with E-state index in [2.05, 4.69) is 15.6 Å². The lowest BCUT2D eigenvalue weighted by molar-refractivity contribution is -0.123. The third kappa shape index (κ3) is 4.60. The van der Waals surface area contributed by atoms with Gasteiger partial charge in [-0.1, -0.05) is 6.07 Å². The lowest BCUT2D eigenvalue weighted by atomic mass is 10.2. The maximum Gasteiger partial charge on any atom is 0.269 e. The van der Waals surface area contributed by atoms with E-state index in [1.807, 2.05) is 0 Å². The number of rotatable bonds is 5. The third-order valence-corrected chi connectivity index (χ3v) is 5.83. The van der Waals surface area contributed by atoms with E-state index in [-0.39, 0.29) is 9.77 Å². The van der Waals surface area contributed by atoms with Crippen molar-refractivity contribution in [3.8, 4) is 0 Å². The zero-order valence-corrected chi connectivity index (χ0v) is 14.1. The van der Waals surface area contributed by atoms with Crippen molar-refractivity contribution >= 4 is 33.2 Å². The largest absolute Gasteiger partial charge is 0.271 e. The smallest absolute Gasteiger partial charge is 0.269 e. The highest BCUT2D eigenvalue weighted by molar-refractivity contribution is 7.91. The number of nitrogens with one attached hydrogen (secondary N) is 3. The van der Waals surface area contributed by atoms with E-state index >= 15 is 0 Å². The molecule has 1 heterocycles. The van der Waals surface area contributed by atoms with Gasteiger partial charge >= 0.3 is 0 Å². The summed E-state index contributed by atoms with van der Waals surface area (Å²) in [6.07, 6.45) is 0. The lowest BCUT2D eigenvalue weighted by Crippen LogP contribution is -2.50. The molecule has 0 aliphatic heterocycles. The molecular formula is C14H14FN3O4S2. The number of carbonyl (C=O) groups excluding carboxylic acids is 2. The fourth-order valence-electron chi connectivity index (χ4n) is 1.66. The molecule has 128 valence electrons. The van der Waals surface area contributed by atoms with Crippen molar-refractivity contribution in [3.05, 3.63) is 53.2 Å². The van der Waals surface area contributed by atoms with E-state index in [4.69, 9.17) is 0 Å². The summed E-state index contributed by atoms with van der Waals surface area (Å²) < 4.78 is 39.1. The molecule has 0 spiro atoms. The summed E-state index contributed by atoms with van der Waals surface area (Å²) >= 11 is 1.02. The summed E-state index contributed by atoms with van der Waals surface area (Å²) in [6, 6.07) is 6.59. The van der Waals surface area contributed by atoms with Crippen LogP contribution in [0.2, 0.25) is 0 Å². The fourth-order valence-corrected chi connectivity index (χ4v) is 3.87. The monoisotopic (exact) mass is 371 g/mol. The van der Waals surface area contributed by atoms with Crippen LogP contribution in [0.1, 0.15) is 17.3 Å². The standard InChI is InChI=1S/C14H14FN3O4S2/c1-9(18-24(21,22)12-3-2-8-23-12)13(19)16-17-14(20)10-4-6-11(15)7-5-10/h2-9,18H,1H3,(H,16,19)(H,17,20). The first-order valence-corrected chi connectivity index (χ1v) is 9.07. The van der Waals surface area contributed by atoms with Crippen LogP contribution < -0.4 is 15.6 Å². The Balaban J connectivity index is 1.90. The second-order valence-corrected chi connectivity index (χ2v) is 7.61. The average molecular weight is 371 g/mol. The van der Waals surface area contributed by atoms with Crippen LogP contribution in [0, 0.1) is 5.82 Å². The first-order valence-electron chi connectivity index (χ1n) is 6.71. The van der Waals surface area contributed by atoms with Gasteiger partial charge in [-0.15, -0.1) is 11.3 Å². The van der Waals surface area contributed by atoms with Gasteiger partial charge in [0.1, 0.15) is 10.0 Å². The van der Waals surface area contributed by atoms with Crippen LogP contribution in [0.5, 0.6) is 0 Å². The minimum atomic E-state index is -3.80. The quantitative estimate of drug-likeness (QED) is 0.683. The number of hydrogen-bond donors (Lipinski definition) is 3. The van der Waals surface area contributed by atoms with E-state index < -0.39 is 33.7 Å².